The first kappa shape index (κ1) is 10.0. The lowest BCUT2D eigenvalue weighted by atomic mass is 10.1. The largest absolute Gasteiger partial charge is 0.364 e. The normalized spacial score (nSPS) is 20.4. The van der Waals surface area contributed by atoms with Crippen LogP contribution in [0.2, 0.25) is 0 Å². The van der Waals surface area contributed by atoms with Crippen molar-refractivity contribution in [3.8, 4) is 0 Å². The van der Waals surface area contributed by atoms with Gasteiger partial charge in [0.2, 0.25) is 0 Å². The minimum absolute atomic E-state index is 0.297. The highest BCUT2D eigenvalue weighted by Crippen LogP contribution is 2.12. The Morgan fingerprint density at radius 1 is 1.53 bits per heavy atom. The van der Waals surface area contributed by atoms with Crippen LogP contribution < -0.4 is 11.1 Å². The molecule has 0 aliphatic carbocycles. The maximum Gasteiger partial charge on any atom is 0.269 e. The fourth-order valence-electron chi connectivity index (χ4n) is 1.89. The summed E-state index contributed by atoms with van der Waals surface area (Å²) in [6.45, 7) is 1.04. The van der Waals surface area contributed by atoms with Crippen molar-refractivity contribution in [1.29, 1.82) is 0 Å². The summed E-state index contributed by atoms with van der Waals surface area (Å²) in [5, 5.41) is 3.35. The summed E-state index contributed by atoms with van der Waals surface area (Å²) < 4.78 is 0. The molecular weight excluding hydrogens is 192 g/mol. The van der Waals surface area contributed by atoms with Crippen LogP contribution in [-0.4, -0.2) is 28.5 Å². The zero-order valence-electron chi connectivity index (χ0n) is 8.44. The Balaban J connectivity index is 2.15. The van der Waals surface area contributed by atoms with Crippen LogP contribution in [0.5, 0.6) is 0 Å². The molecule has 1 saturated heterocycles. The molecule has 80 valence electrons. The SMILES string of the molecule is NC(=O)c1nccnc1CC1CCCN1. The third-order valence-electron chi connectivity index (χ3n) is 2.61. The van der Waals surface area contributed by atoms with Gasteiger partial charge in [0.25, 0.3) is 5.91 Å². The summed E-state index contributed by atoms with van der Waals surface area (Å²) in [5.41, 5.74) is 6.22. The molecule has 0 radical (unpaired) electrons. The third kappa shape index (κ3) is 2.30. The Kier molecular flexibility index (Phi) is 2.91. The van der Waals surface area contributed by atoms with Crippen LogP contribution in [0.1, 0.15) is 29.0 Å². The first-order valence-electron chi connectivity index (χ1n) is 5.10. The predicted octanol–water partition coefficient (Wildman–Crippen LogP) is -0.130. The Morgan fingerprint density at radius 2 is 2.33 bits per heavy atom. The fourth-order valence-corrected chi connectivity index (χ4v) is 1.89. The van der Waals surface area contributed by atoms with Gasteiger partial charge in [-0.25, -0.2) is 4.98 Å². The van der Waals surface area contributed by atoms with Crippen molar-refractivity contribution in [2.24, 2.45) is 5.73 Å². The minimum Gasteiger partial charge on any atom is -0.364 e. The predicted molar refractivity (Wildman–Crippen MR) is 55.3 cm³/mol. The van der Waals surface area contributed by atoms with Gasteiger partial charge >= 0.3 is 0 Å². The summed E-state index contributed by atoms with van der Waals surface area (Å²) >= 11 is 0. The third-order valence-corrected chi connectivity index (χ3v) is 2.61. The number of hydrogen-bond donors (Lipinski definition) is 2. The van der Waals surface area contributed by atoms with Gasteiger partial charge in [-0.2, -0.15) is 0 Å². The smallest absolute Gasteiger partial charge is 0.269 e. The van der Waals surface area contributed by atoms with Gasteiger partial charge in [-0.15, -0.1) is 0 Å². The number of primary amides is 1. The van der Waals surface area contributed by atoms with Crippen molar-refractivity contribution < 1.29 is 4.79 Å². The number of rotatable bonds is 3. The molecule has 0 aromatic carbocycles. The van der Waals surface area contributed by atoms with E-state index in [2.05, 4.69) is 15.3 Å². The molecule has 0 bridgehead atoms. The van der Waals surface area contributed by atoms with E-state index in [4.69, 9.17) is 5.73 Å². The van der Waals surface area contributed by atoms with E-state index in [-0.39, 0.29) is 0 Å². The van der Waals surface area contributed by atoms with Crippen molar-refractivity contribution in [2.75, 3.05) is 6.54 Å². The minimum atomic E-state index is -0.504. The maximum absolute atomic E-state index is 11.1. The van der Waals surface area contributed by atoms with Gasteiger partial charge in [0.15, 0.2) is 0 Å². The molecule has 1 fully saturated rings. The van der Waals surface area contributed by atoms with E-state index in [1.54, 1.807) is 6.20 Å². The molecule has 1 amide bonds. The van der Waals surface area contributed by atoms with Crippen LogP contribution >= 0.6 is 0 Å². The molecule has 1 aromatic heterocycles. The van der Waals surface area contributed by atoms with Crippen LogP contribution in [0.25, 0.3) is 0 Å². The van der Waals surface area contributed by atoms with E-state index in [0.717, 1.165) is 19.4 Å². The number of carbonyl (C=O) groups excluding carboxylic acids is 1. The average Bonchev–Trinajstić information content (AvgIpc) is 2.71. The standard InChI is InChI=1S/C10H14N4O/c11-10(15)9-8(13-4-5-14-9)6-7-2-1-3-12-7/h4-5,7,12H,1-3,6H2,(H2,11,15). The lowest BCUT2D eigenvalue weighted by Crippen LogP contribution is -2.26. The number of amides is 1. The molecule has 1 unspecified atom stereocenters. The van der Waals surface area contributed by atoms with Gasteiger partial charge in [0, 0.05) is 24.9 Å². The Bertz CT molecular complexity index is 360. The van der Waals surface area contributed by atoms with Crippen molar-refractivity contribution in [2.45, 2.75) is 25.3 Å². The summed E-state index contributed by atoms with van der Waals surface area (Å²) in [5.74, 6) is -0.504. The van der Waals surface area contributed by atoms with Gasteiger partial charge in [-0.05, 0) is 19.4 Å². The molecule has 2 rings (SSSR count). The average molecular weight is 206 g/mol. The van der Waals surface area contributed by atoms with E-state index in [1.807, 2.05) is 0 Å². The molecule has 1 aliphatic rings. The summed E-state index contributed by atoms with van der Waals surface area (Å²) in [7, 11) is 0. The zero-order valence-corrected chi connectivity index (χ0v) is 8.44. The molecule has 5 nitrogen and oxygen atoms in total. The summed E-state index contributed by atoms with van der Waals surface area (Å²) in [6.07, 6.45) is 6.11. The number of nitrogens with one attached hydrogen (secondary N) is 1. The molecule has 1 aliphatic heterocycles. The Morgan fingerprint density at radius 3 is 3.00 bits per heavy atom. The number of carbonyl (C=O) groups is 1. The first-order chi connectivity index (χ1) is 7.27. The number of nitrogens with two attached hydrogens (primary N) is 1. The quantitative estimate of drug-likeness (QED) is 0.722. The van der Waals surface area contributed by atoms with E-state index in [9.17, 15) is 4.79 Å². The molecule has 0 spiro atoms. The van der Waals surface area contributed by atoms with E-state index in [0.29, 0.717) is 17.4 Å². The van der Waals surface area contributed by atoms with E-state index < -0.39 is 5.91 Å². The number of aromatic nitrogens is 2. The number of hydrogen-bond acceptors (Lipinski definition) is 4. The van der Waals surface area contributed by atoms with Crippen LogP contribution in [0, 0.1) is 0 Å². The second kappa shape index (κ2) is 4.35. The lowest BCUT2D eigenvalue weighted by Gasteiger charge is -2.10. The van der Waals surface area contributed by atoms with Crippen molar-refractivity contribution in [1.82, 2.24) is 15.3 Å². The highest BCUT2D eigenvalue weighted by atomic mass is 16.1. The number of nitrogens with zero attached hydrogens (tertiary/aromatic N) is 2. The van der Waals surface area contributed by atoms with Crippen LogP contribution in [-0.2, 0) is 6.42 Å². The van der Waals surface area contributed by atoms with Gasteiger partial charge in [0.1, 0.15) is 5.69 Å². The molecule has 15 heavy (non-hydrogen) atoms. The Hall–Kier alpha value is -1.49. The topological polar surface area (TPSA) is 80.9 Å². The van der Waals surface area contributed by atoms with Crippen molar-refractivity contribution in [3.05, 3.63) is 23.8 Å². The monoisotopic (exact) mass is 206 g/mol. The van der Waals surface area contributed by atoms with Crippen molar-refractivity contribution >= 4 is 5.91 Å². The van der Waals surface area contributed by atoms with Gasteiger partial charge in [-0.1, -0.05) is 0 Å². The fraction of sp³-hybridized carbons (Fsp3) is 0.500. The highest BCUT2D eigenvalue weighted by Gasteiger charge is 2.18. The van der Waals surface area contributed by atoms with E-state index in [1.165, 1.54) is 12.6 Å². The molecule has 1 atom stereocenters. The molecule has 2 heterocycles. The summed E-state index contributed by atoms with van der Waals surface area (Å²) in [4.78, 5) is 19.2. The molecule has 1 aromatic rings. The van der Waals surface area contributed by atoms with Gasteiger partial charge < -0.3 is 11.1 Å². The first-order valence-corrected chi connectivity index (χ1v) is 5.10. The maximum atomic E-state index is 11.1. The van der Waals surface area contributed by atoms with E-state index >= 15 is 0 Å². The van der Waals surface area contributed by atoms with Crippen molar-refractivity contribution in [3.63, 3.8) is 0 Å². The molecule has 3 N–H and O–H groups in total. The van der Waals surface area contributed by atoms with Gasteiger partial charge in [0.05, 0.1) is 5.69 Å². The summed E-state index contributed by atoms with van der Waals surface area (Å²) in [6, 6.07) is 0.403. The highest BCUT2D eigenvalue weighted by molar-refractivity contribution is 5.91. The second-order valence-corrected chi connectivity index (χ2v) is 3.71. The molecule has 0 saturated carbocycles. The second-order valence-electron chi connectivity index (χ2n) is 3.71. The molecule has 5 heteroatoms. The van der Waals surface area contributed by atoms with Crippen LogP contribution in [0.4, 0.5) is 0 Å². The Labute approximate surface area is 88.1 Å². The molecular formula is C10H14N4O. The zero-order chi connectivity index (χ0) is 10.7. The van der Waals surface area contributed by atoms with Crippen LogP contribution in [0.15, 0.2) is 12.4 Å². The lowest BCUT2D eigenvalue weighted by molar-refractivity contribution is 0.0994. The van der Waals surface area contributed by atoms with Gasteiger partial charge in [-0.3, -0.25) is 9.78 Å². The van der Waals surface area contributed by atoms with Crippen LogP contribution in [0.3, 0.4) is 0 Å².